The Labute approximate surface area is 297 Å². The fourth-order valence-corrected chi connectivity index (χ4v) is 12.0. The van der Waals surface area contributed by atoms with E-state index in [1.54, 1.807) is 5.19 Å². The predicted molar refractivity (Wildman–Crippen MR) is 218 cm³/mol. The van der Waals surface area contributed by atoms with Gasteiger partial charge < -0.3 is 9.32 Å². The van der Waals surface area contributed by atoms with Gasteiger partial charge in [-0.05, 0) is 94.8 Å². The van der Waals surface area contributed by atoms with E-state index < -0.39 is 9.52 Å². The number of aryl methyl sites for hydroxylation is 1. The number of furan rings is 1. The quantitative estimate of drug-likeness (QED) is 0.173. The van der Waals surface area contributed by atoms with Crippen LogP contribution in [-0.2, 0) is 6.42 Å². The van der Waals surface area contributed by atoms with Crippen molar-refractivity contribution < 1.29 is 4.42 Å². The van der Waals surface area contributed by atoms with E-state index in [-0.39, 0.29) is 0 Å². The van der Waals surface area contributed by atoms with E-state index in [1.165, 1.54) is 80.7 Å². The molecule has 3 heterocycles. The summed E-state index contributed by atoms with van der Waals surface area (Å²) in [5, 5.41) is 9.66. The highest BCUT2D eigenvalue weighted by Crippen LogP contribution is 2.43. The molecule has 0 unspecified atom stereocenters. The molecule has 2 nitrogen and oxygen atoms in total. The van der Waals surface area contributed by atoms with Crippen molar-refractivity contribution in [1.29, 1.82) is 0 Å². The summed E-state index contributed by atoms with van der Waals surface area (Å²) < 4.78 is 9.32. The highest BCUT2D eigenvalue weighted by Gasteiger charge is 2.26. The first kappa shape index (κ1) is 28.4. The van der Waals surface area contributed by atoms with Gasteiger partial charge in [-0.15, -0.1) is 11.3 Å². The molecular formula is C46H33NOSSi. The molecule has 0 atom stereocenters. The topological polar surface area (TPSA) is 16.4 Å². The Bertz CT molecular complexity index is 2810. The summed E-state index contributed by atoms with van der Waals surface area (Å²) in [5.41, 5.74) is 11.6. The van der Waals surface area contributed by atoms with Crippen molar-refractivity contribution in [3.05, 3.63) is 156 Å². The average Bonchev–Trinajstić information content (AvgIpc) is 3.85. The van der Waals surface area contributed by atoms with Gasteiger partial charge in [-0.1, -0.05) is 101 Å². The molecule has 8 aromatic rings. The third-order valence-corrected chi connectivity index (χ3v) is 14.2. The molecule has 0 N–H and O–H groups in total. The van der Waals surface area contributed by atoms with Crippen LogP contribution in [0, 0.1) is 0 Å². The minimum Gasteiger partial charge on any atom is -0.460 e. The molecule has 2 aromatic heterocycles. The first-order valence-corrected chi connectivity index (χ1v) is 20.0. The molecule has 0 radical (unpaired) electrons. The zero-order valence-corrected chi connectivity index (χ0v) is 29.8. The second-order valence-corrected chi connectivity index (χ2v) is 16.8. The van der Waals surface area contributed by atoms with Crippen LogP contribution in [0.4, 0.5) is 11.4 Å². The van der Waals surface area contributed by atoms with E-state index in [0.29, 0.717) is 0 Å². The maximum Gasteiger partial charge on any atom is 0.137 e. The largest absolute Gasteiger partial charge is 0.460 e. The minimum absolute atomic E-state index is 0.619. The summed E-state index contributed by atoms with van der Waals surface area (Å²) in [6, 6.07) is 43.3. The molecular weight excluding hydrogens is 643 g/mol. The number of rotatable bonds is 4. The molecule has 0 spiro atoms. The highest BCUT2D eigenvalue weighted by molar-refractivity contribution is 7.26. The molecule has 3 aliphatic rings. The average molecular weight is 676 g/mol. The highest BCUT2D eigenvalue weighted by atomic mass is 32.1. The van der Waals surface area contributed by atoms with Gasteiger partial charge in [-0.25, -0.2) is 0 Å². The van der Waals surface area contributed by atoms with E-state index in [2.05, 4.69) is 144 Å². The Morgan fingerprint density at radius 1 is 0.660 bits per heavy atom. The van der Waals surface area contributed by atoms with E-state index in [9.17, 15) is 0 Å². The van der Waals surface area contributed by atoms with Gasteiger partial charge in [0.2, 0.25) is 0 Å². The van der Waals surface area contributed by atoms with Crippen LogP contribution < -0.4 is 15.3 Å². The molecule has 0 saturated heterocycles. The van der Waals surface area contributed by atoms with E-state index in [0.717, 1.165) is 42.7 Å². The first-order chi connectivity index (χ1) is 24.7. The van der Waals surface area contributed by atoms with Crippen molar-refractivity contribution in [1.82, 2.24) is 0 Å². The molecule has 238 valence electrons. The monoisotopic (exact) mass is 675 g/mol. The number of nitrogens with zero attached hydrogens (tertiary/aromatic N) is 1. The molecule has 1 aliphatic heterocycles. The third kappa shape index (κ3) is 4.38. The van der Waals surface area contributed by atoms with E-state index >= 15 is 0 Å². The Balaban J connectivity index is 1.03. The summed E-state index contributed by atoms with van der Waals surface area (Å²) in [4.78, 5) is 2.50. The molecule has 11 rings (SSSR count). The molecule has 6 aromatic carbocycles. The van der Waals surface area contributed by atoms with E-state index in [4.69, 9.17) is 4.42 Å². The van der Waals surface area contributed by atoms with Crippen LogP contribution in [0.25, 0.3) is 64.7 Å². The molecule has 0 amide bonds. The van der Waals surface area contributed by atoms with Crippen molar-refractivity contribution in [3.8, 4) is 11.1 Å². The van der Waals surface area contributed by atoms with Gasteiger partial charge >= 0.3 is 0 Å². The summed E-state index contributed by atoms with van der Waals surface area (Å²) in [6.07, 6.45) is 13.2. The van der Waals surface area contributed by atoms with Gasteiger partial charge in [0.05, 0.1) is 9.52 Å². The second-order valence-electron chi connectivity index (χ2n) is 13.9. The smallest absolute Gasteiger partial charge is 0.137 e. The van der Waals surface area contributed by atoms with Gasteiger partial charge in [-0.2, -0.15) is 0 Å². The maximum absolute atomic E-state index is 6.50. The number of benzene rings is 6. The first-order valence-electron chi connectivity index (χ1n) is 17.7. The fourth-order valence-electron chi connectivity index (χ4n) is 8.59. The van der Waals surface area contributed by atoms with Crippen molar-refractivity contribution in [2.45, 2.75) is 25.7 Å². The molecule has 50 heavy (non-hydrogen) atoms. The predicted octanol–water partition coefficient (Wildman–Crippen LogP) is 10.9. The Hall–Kier alpha value is -5.42. The lowest BCUT2D eigenvalue weighted by Gasteiger charge is -2.30. The minimum atomic E-state index is -0.619. The number of anilines is 2. The molecule has 0 saturated carbocycles. The van der Waals surface area contributed by atoms with Gasteiger partial charge in [0.25, 0.3) is 0 Å². The van der Waals surface area contributed by atoms with Crippen LogP contribution in [0.5, 0.6) is 0 Å². The number of hydrogen-bond acceptors (Lipinski definition) is 3. The van der Waals surface area contributed by atoms with Crippen LogP contribution in [-0.4, -0.2) is 9.52 Å². The van der Waals surface area contributed by atoms with E-state index in [1.807, 2.05) is 11.3 Å². The van der Waals surface area contributed by atoms with Gasteiger partial charge in [0.15, 0.2) is 0 Å². The van der Waals surface area contributed by atoms with Crippen LogP contribution in [0.15, 0.2) is 144 Å². The van der Waals surface area contributed by atoms with Crippen molar-refractivity contribution in [3.63, 3.8) is 0 Å². The van der Waals surface area contributed by atoms with Gasteiger partial charge in [0, 0.05) is 60.7 Å². The lowest BCUT2D eigenvalue weighted by molar-refractivity contribution is 0.546. The standard InChI is InChI=1S/C46H33NOSSi/c1-2-8-30-25-31(14-13-28(30)7-1)29-15-17-32(18-16-29)47(33-19-21-36-35-9-3-5-11-40(35)48-41(36)26-33)34-20-22-39-44(27-34)50-43-24-23-38-37-10-4-6-12-42(37)49-46(38)45(39)43/h1-4,6-10,12-15,17,19-27H,5,11,16,18,50H2. The number of fused-ring (bicyclic) bond motifs is 11. The summed E-state index contributed by atoms with van der Waals surface area (Å²) >= 11 is 1.95. The summed E-state index contributed by atoms with van der Waals surface area (Å²) in [6.45, 7) is 0. The lowest BCUT2D eigenvalue weighted by Crippen LogP contribution is -2.23. The van der Waals surface area contributed by atoms with Crippen molar-refractivity contribution >= 4 is 96.2 Å². The van der Waals surface area contributed by atoms with Crippen LogP contribution >= 0.6 is 11.3 Å². The van der Waals surface area contributed by atoms with Crippen molar-refractivity contribution in [2.75, 3.05) is 4.90 Å². The Kier molecular flexibility index (Phi) is 6.28. The third-order valence-electron chi connectivity index (χ3n) is 11.0. The molecule has 0 fully saturated rings. The zero-order valence-electron chi connectivity index (χ0n) is 27.6. The number of thiophene rings is 1. The molecule has 2 aliphatic carbocycles. The molecule has 0 bridgehead atoms. The summed E-state index contributed by atoms with van der Waals surface area (Å²) in [5.74, 6) is 1.11. The molecule has 4 heteroatoms. The van der Waals surface area contributed by atoms with Crippen LogP contribution in [0.3, 0.4) is 0 Å². The normalized spacial score (nSPS) is 15.4. The van der Waals surface area contributed by atoms with Gasteiger partial charge in [-0.3, -0.25) is 0 Å². The second kappa shape index (κ2) is 11.0. The number of allylic oxidation sites excluding steroid dienone is 5. The summed E-state index contributed by atoms with van der Waals surface area (Å²) in [7, 11) is -0.619. The van der Waals surface area contributed by atoms with Crippen LogP contribution in [0.2, 0.25) is 0 Å². The number of hydrogen-bond donors (Lipinski definition) is 0. The maximum atomic E-state index is 6.50. The fraction of sp³-hybridized carbons (Fsp3) is 0.0870. The zero-order chi connectivity index (χ0) is 32.8. The lowest BCUT2D eigenvalue weighted by atomic mass is 9.93. The van der Waals surface area contributed by atoms with Gasteiger partial charge in [0.1, 0.15) is 11.3 Å². The van der Waals surface area contributed by atoms with Crippen molar-refractivity contribution in [2.24, 2.45) is 0 Å². The Morgan fingerprint density at radius 3 is 2.46 bits per heavy atom. The SMILES string of the molecule is C1=Cc2c(oc3cc(N(C4=CC=C(c5ccc6ccccc6c5)CC4)c4ccc5c(c4)[SiH2]c4ccc6c(sc7ccccc76)c4-5)ccc23)CC1. The van der Waals surface area contributed by atoms with Crippen LogP contribution in [0.1, 0.15) is 36.1 Å². The Morgan fingerprint density at radius 2 is 1.52 bits per heavy atom.